The second kappa shape index (κ2) is 7.49. The summed E-state index contributed by atoms with van der Waals surface area (Å²) in [5, 5.41) is 11.4. The van der Waals surface area contributed by atoms with Crippen LogP contribution in [0.1, 0.15) is 23.4 Å². The lowest BCUT2D eigenvalue weighted by Gasteiger charge is -2.11. The lowest BCUT2D eigenvalue weighted by molar-refractivity contribution is 0.280. The van der Waals surface area contributed by atoms with E-state index in [1.54, 1.807) is 7.05 Å². The number of aliphatic hydroxyl groups excluding tert-OH is 1. The molecule has 3 heterocycles. The van der Waals surface area contributed by atoms with E-state index in [9.17, 15) is 14.7 Å². The maximum atomic E-state index is 13.6. The van der Waals surface area contributed by atoms with Crippen LogP contribution in [0.3, 0.4) is 0 Å². The first-order valence-electron chi connectivity index (χ1n) is 10.7. The fraction of sp³-hybridized carbons (Fsp3) is 0.292. The van der Waals surface area contributed by atoms with Crippen molar-refractivity contribution in [1.82, 2.24) is 23.1 Å². The highest BCUT2D eigenvalue weighted by Gasteiger charge is 2.22. The molecule has 0 spiro atoms. The number of aryl methyl sites for hydroxylation is 3. The first-order valence-corrected chi connectivity index (χ1v) is 10.7. The van der Waals surface area contributed by atoms with Crippen molar-refractivity contribution in [3.8, 4) is 0 Å². The van der Waals surface area contributed by atoms with Gasteiger partial charge in [0.1, 0.15) is 0 Å². The molecular formula is C24H25N5O3. The van der Waals surface area contributed by atoms with Gasteiger partial charge in [-0.05, 0) is 36.6 Å². The third-order valence-corrected chi connectivity index (χ3v) is 6.38. The predicted octanol–water partition coefficient (Wildman–Crippen LogP) is 2.35. The molecule has 0 unspecified atom stereocenters. The van der Waals surface area contributed by atoms with Crippen molar-refractivity contribution < 1.29 is 5.11 Å². The van der Waals surface area contributed by atoms with Crippen molar-refractivity contribution in [1.29, 1.82) is 0 Å². The molecule has 32 heavy (non-hydrogen) atoms. The molecule has 164 valence electrons. The van der Waals surface area contributed by atoms with Crippen molar-refractivity contribution in [3.05, 3.63) is 80.3 Å². The number of imidazole rings is 2. The summed E-state index contributed by atoms with van der Waals surface area (Å²) in [7, 11) is 1.65. The quantitative estimate of drug-likeness (QED) is 0.463. The van der Waals surface area contributed by atoms with Gasteiger partial charge in [-0.1, -0.05) is 42.5 Å². The predicted molar refractivity (Wildman–Crippen MR) is 124 cm³/mol. The van der Waals surface area contributed by atoms with E-state index in [0.717, 1.165) is 27.7 Å². The number of hydrogen-bond donors (Lipinski definition) is 1. The van der Waals surface area contributed by atoms with Crippen LogP contribution < -0.4 is 11.2 Å². The number of aromatic nitrogens is 5. The van der Waals surface area contributed by atoms with Crippen LogP contribution in [-0.2, 0) is 20.1 Å². The average molecular weight is 431 g/mol. The normalized spacial score (nSPS) is 11.9. The molecule has 0 bridgehead atoms. The number of benzene rings is 2. The zero-order valence-electron chi connectivity index (χ0n) is 18.4. The van der Waals surface area contributed by atoms with Gasteiger partial charge in [0.05, 0.1) is 6.54 Å². The van der Waals surface area contributed by atoms with Gasteiger partial charge in [0.25, 0.3) is 5.56 Å². The van der Waals surface area contributed by atoms with Crippen molar-refractivity contribution in [2.75, 3.05) is 6.61 Å². The first kappa shape index (κ1) is 20.3. The Labute approximate surface area is 183 Å². The highest BCUT2D eigenvalue weighted by Crippen LogP contribution is 2.22. The molecule has 0 radical (unpaired) electrons. The van der Waals surface area contributed by atoms with E-state index in [1.807, 2.05) is 65.3 Å². The molecule has 0 saturated heterocycles. The topological polar surface area (TPSA) is 86.5 Å². The third kappa shape index (κ3) is 2.83. The molecule has 0 saturated carbocycles. The number of aliphatic hydroxyl groups is 1. The summed E-state index contributed by atoms with van der Waals surface area (Å²) in [6.45, 7) is 4.75. The van der Waals surface area contributed by atoms with Gasteiger partial charge in [0.2, 0.25) is 5.78 Å². The summed E-state index contributed by atoms with van der Waals surface area (Å²) < 4.78 is 6.56. The van der Waals surface area contributed by atoms with Crippen LogP contribution in [0.4, 0.5) is 0 Å². The molecule has 0 aliphatic heterocycles. The second-order valence-electron chi connectivity index (χ2n) is 8.19. The van der Waals surface area contributed by atoms with E-state index in [-0.39, 0.29) is 18.7 Å². The van der Waals surface area contributed by atoms with Gasteiger partial charge >= 0.3 is 5.69 Å². The Morgan fingerprint density at radius 2 is 1.72 bits per heavy atom. The van der Waals surface area contributed by atoms with Gasteiger partial charge < -0.3 is 9.67 Å². The Morgan fingerprint density at radius 1 is 0.969 bits per heavy atom. The number of hydrogen-bond acceptors (Lipinski definition) is 4. The standard InChI is InChI=1S/C24H25N5O3/c1-15-16(2)29-20-21(25-23(29)27(15)12-7-13-30)26(3)24(32)28(22(20)31)14-18-10-6-9-17-8-4-5-11-19(17)18/h4-6,8-11,30H,7,12-14H2,1-3H3. The van der Waals surface area contributed by atoms with Crippen molar-refractivity contribution >= 4 is 27.7 Å². The molecule has 2 aromatic carbocycles. The zero-order valence-corrected chi connectivity index (χ0v) is 18.4. The first-order chi connectivity index (χ1) is 15.4. The number of rotatable bonds is 5. The Kier molecular flexibility index (Phi) is 4.74. The van der Waals surface area contributed by atoms with E-state index in [1.165, 1.54) is 9.13 Å². The maximum Gasteiger partial charge on any atom is 0.332 e. The third-order valence-electron chi connectivity index (χ3n) is 6.38. The summed E-state index contributed by atoms with van der Waals surface area (Å²) in [6.07, 6.45) is 0.581. The highest BCUT2D eigenvalue weighted by molar-refractivity contribution is 5.85. The Balaban J connectivity index is 1.79. The zero-order chi connectivity index (χ0) is 22.6. The largest absolute Gasteiger partial charge is 0.396 e. The van der Waals surface area contributed by atoms with Crippen molar-refractivity contribution in [3.63, 3.8) is 0 Å². The van der Waals surface area contributed by atoms with Gasteiger partial charge in [-0.2, -0.15) is 4.98 Å². The van der Waals surface area contributed by atoms with Crippen LogP contribution in [0.5, 0.6) is 0 Å². The lowest BCUT2D eigenvalue weighted by Crippen LogP contribution is -2.39. The fourth-order valence-electron chi connectivity index (χ4n) is 4.55. The monoisotopic (exact) mass is 431 g/mol. The van der Waals surface area contributed by atoms with Gasteiger partial charge in [0.15, 0.2) is 11.2 Å². The van der Waals surface area contributed by atoms with E-state index in [2.05, 4.69) is 4.98 Å². The molecular weight excluding hydrogens is 406 g/mol. The maximum absolute atomic E-state index is 13.6. The molecule has 8 heteroatoms. The molecule has 0 amide bonds. The van der Waals surface area contributed by atoms with Crippen molar-refractivity contribution in [2.24, 2.45) is 7.05 Å². The number of fused-ring (bicyclic) bond motifs is 4. The van der Waals surface area contributed by atoms with Crippen LogP contribution in [0.25, 0.3) is 27.7 Å². The van der Waals surface area contributed by atoms with E-state index < -0.39 is 5.69 Å². The minimum Gasteiger partial charge on any atom is -0.396 e. The molecule has 5 aromatic rings. The van der Waals surface area contributed by atoms with Gasteiger partial charge in [-0.15, -0.1) is 0 Å². The molecule has 0 atom stereocenters. The van der Waals surface area contributed by atoms with Gasteiger partial charge in [-0.25, -0.2) is 4.79 Å². The molecule has 3 aromatic heterocycles. The minimum atomic E-state index is -0.396. The van der Waals surface area contributed by atoms with E-state index >= 15 is 0 Å². The molecule has 0 aliphatic carbocycles. The van der Waals surface area contributed by atoms with Crippen LogP contribution >= 0.6 is 0 Å². The average Bonchev–Trinajstić information content (AvgIpc) is 3.30. The highest BCUT2D eigenvalue weighted by atomic mass is 16.3. The Hall–Kier alpha value is -3.65. The second-order valence-corrected chi connectivity index (χ2v) is 8.19. The van der Waals surface area contributed by atoms with Gasteiger partial charge in [-0.3, -0.25) is 18.3 Å². The summed E-state index contributed by atoms with van der Waals surface area (Å²) in [6, 6.07) is 13.9. The summed E-state index contributed by atoms with van der Waals surface area (Å²) in [5.41, 5.74) is 2.80. The number of nitrogens with zero attached hydrogens (tertiary/aromatic N) is 5. The summed E-state index contributed by atoms with van der Waals surface area (Å²) in [5.74, 6) is 0.610. The van der Waals surface area contributed by atoms with Gasteiger partial charge in [0, 0.05) is 31.6 Å². The SMILES string of the molecule is Cc1c(C)n2c3c(=O)n(Cc4cccc5ccccc45)c(=O)n(C)c3nc2n1CCCO. The Morgan fingerprint density at radius 3 is 2.50 bits per heavy atom. The smallest absolute Gasteiger partial charge is 0.332 e. The van der Waals surface area contributed by atoms with Crippen LogP contribution in [0, 0.1) is 13.8 Å². The molecule has 8 nitrogen and oxygen atoms in total. The molecule has 0 fully saturated rings. The van der Waals surface area contributed by atoms with Crippen molar-refractivity contribution in [2.45, 2.75) is 33.4 Å². The van der Waals surface area contributed by atoms with E-state index in [4.69, 9.17) is 0 Å². The summed E-state index contributed by atoms with van der Waals surface area (Å²) in [4.78, 5) is 31.5. The molecule has 0 aliphatic rings. The van der Waals surface area contributed by atoms with Crippen LogP contribution in [0.15, 0.2) is 52.1 Å². The summed E-state index contributed by atoms with van der Waals surface area (Å²) >= 11 is 0. The fourth-order valence-corrected chi connectivity index (χ4v) is 4.55. The van der Waals surface area contributed by atoms with Crippen LogP contribution in [0.2, 0.25) is 0 Å². The van der Waals surface area contributed by atoms with E-state index in [0.29, 0.717) is 29.9 Å². The Bertz CT molecular complexity index is 1610. The molecule has 5 rings (SSSR count). The molecule has 1 N–H and O–H groups in total. The minimum absolute atomic E-state index is 0.0688. The van der Waals surface area contributed by atoms with Crippen LogP contribution in [-0.4, -0.2) is 34.8 Å². The lowest BCUT2D eigenvalue weighted by atomic mass is 10.0.